The van der Waals surface area contributed by atoms with Gasteiger partial charge in [-0.25, -0.2) is 4.39 Å². The van der Waals surface area contributed by atoms with Crippen molar-refractivity contribution < 1.29 is 4.39 Å². The fourth-order valence-corrected chi connectivity index (χ4v) is 2.27. The Morgan fingerprint density at radius 3 is 2.95 bits per heavy atom. The summed E-state index contributed by atoms with van der Waals surface area (Å²) >= 11 is 0. The van der Waals surface area contributed by atoms with Crippen LogP contribution >= 0.6 is 0 Å². The molecule has 0 unspecified atom stereocenters. The van der Waals surface area contributed by atoms with E-state index in [2.05, 4.69) is 22.3 Å². The molecule has 4 nitrogen and oxygen atoms in total. The third-order valence-electron chi connectivity index (χ3n) is 3.14. The molecule has 102 valence electrons. The number of rotatable bonds is 4. The molecule has 0 saturated carbocycles. The van der Waals surface area contributed by atoms with E-state index in [4.69, 9.17) is 0 Å². The van der Waals surface area contributed by atoms with E-state index < -0.39 is 0 Å². The van der Waals surface area contributed by atoms with Gasteiger partial charge >= 0.3 is 0 Å². The smallest absolute Gasteiger partial charge is 0.149 e. The molecular weight excluding hydrogens is 255 g/mol. The molecule has 3 rings (SSSR count). The van der Waals surface area contributed by atoms with E-state index in [-0.39, 0.29) is 11.9 Å². The number of pyridine rings is 1. The molecule has 0 aliphatic heterocycles. The zero-order chi connectivity index (χ0) is 13.9. The Morgan fingerprint density at radius 1 is 1.25 bits per heavy atom. The second-order valence-corrected chi connectivity index (χ2v) is 4.77. The van der Waals surface area contributed by atoms with Gasteiger partial charge in [0.15, 0.2) is 0 Å². The van der Waals surface area contributed by atoms with E-state index in [0.717, 1.165) is 17.6 Å². The Morgan fingerprint density at radius 2 is 2.15 bits per heavy atom. The first-order valence-electron chi connectivity index (χ1n) is 6.51. The molecule has 0 aliphatic rings. The fourth-order valence-electron chi connectivity index (χ4n) is 2.27. The van der Waals surface area contributed by atoms with Crippen LogP contribution in [-0.4, -0.2) is 20.8 Å². The van der Waals surface area contributed by atoms with Crippen LogP contribution in [0.25, 0.3) is 10.9 Å². The van der Waals surface area contributed by atoms with Crippen molar-refractivity contribution in [3.8, 4) is 0 Å². The number of para-hydroxylation sites is 1. The van der Waals surface area contributed by atoms with Crippen molar-refractivity contribution in [2.45, 2.75) is 19.5 Å². The maximum Gasteiger partial charge on any atom is 0.149 e. The molecular formula is C15H15FN4. The second kappa shape index (κ2) is 5.28. The highest BCUT2D eigenvalue weighted by atomic mass is 19.1. The average molecular weight is 270 g/mol. The summed E-state index contributed by atoms with van der Waals surface area (Å²) < 4.78 is 15.6. The van der Waals surface area contributed by atoms with Crippen LogP contribution in [-0.2, 0) is 6.54 Å². The third kappa shape index (κ3) is 2.47. The number of benzene rings is 1. The van der Waals surface area contributed by atoms with Crippen LogP contribution in [0.1, 0.15) is 6.92 Å². The highest BCUT2D eigenvalue weighted by molar-refractivity contribution is 5.91. The zero-order valence-corrected chi connectivity index (χ0v) is 11.1. The number of nitrogens with zero attached hydrogens (tertiary/aromatic N) is 3. The van der Waals surface area contributed by atoms with Gasteiger partial charge < -0.3 is 5.32 Å². The lowest BCUT2D eigenvalue weighted by Crippen LogP contribution is -2.22. The number of fused-ring (bicyclic) bond motifs is 1. The second-order valence-electron chi connectivity index (χ2n) is 4.77. The number of hydrogen-bond donors (Lipinski definition) is 1. The van der Waals surface area contributed by atoms with Crippen molar-refractivity contribution in [1.82, 2.24) is 14.8 Å². The first-order chi connectivity index (χ1) is 9.74. The van der Waals surface area contributed by atoms with Gasteiger partial charge in [-0.3, -0.25) is 9.67 Å². The van der Waals surface area contributed by atoms with E-state index in [0.29, 0.717) is 5.52 Å². The Balaban J connectivity index is 1.85. The predicted octanol–water partition coefficient (Wildman–Crippen LogP) is 3.07. The van der Waals surface area contributed by atoms with E-state index >= 15 is 0 Å². The van der Waals surface area contributed by atoms with Gasteiger partial charge in [-0.15, -0.1) is 0 Å². The van der Waals surface area contributed by atoms with E-state index in [1.807, 2.05) is 29.1 Å². The van der Waals surface area contributed by atoms with Gasteiger partial charge in [0.1, 0.15) is 11.3 Å². The maximum atomic E-state index is 13.7. The molecule has 0 spiro atoms. The quantitative estimate of drug-likeness (QED) is 0.792. The van der Waals surface area contributed by atoms with Crippen LogP contribution in [0.3, 0.4) is 0 Å². The molecule has 0 aliphatic carbocycles. The summed E-state index contributed by atoms with van der Waals surface area (Å²) in [5.41, 5.74) is 1.28. The lowest BCUT2D eigenvalue weighted by Gasteiger charge is -2.16. The van der Waals surface area contributed by atoms with Gasteiger partial charge in [-0.2, -0.15) is 5.10 Å². The van der Waals surface area contributed by atoms with E-state index in [1.54, 1.807) is 18.5 Å². The predicted molar refractivity (Wildman–Crippen MR) is 77.0 cm³/mol. The van der Waals surface area contributed by atoms with Crippen LogP contribution in [0.4, 0.5) is 10.1 Å². The Bertz CT molecular complexity index is 709. The van der Waals surface area contributed by atoms with Crippen LogP contribution < -0.4 is 5.32 Å². The Labute approximate surface area is 116 Å². The van der Waals surface area contributed by atoms with Gasteiger partial charge in [0.2, 0.25) is 0 Å². The van der Waals surface area contributed by atoms with Gasteiger partial charge in [-0.1, -0.05) is 12.1 Å². The normalized spacial score (nSPS) is 12.5. The SMILES string of the molecule is C[C@H](Cn1cccn1)Nc1ccnc2c(F)cccc12. The van der Waals surface area contributed by atoms with Gasteiger partial charge in [0, 0.05) is 35.7 Å². The number of anilines is 1. The lowest BCUT2D eigenvalue weighted by atomic mass is 10.1. The number of hydrogen-bond acceptors (Lipinski definition) is 3. The van der Waals surface area contributed by atoms with Crippen molar-refractivity contribution in [3.63, 3.8) is 0 Å². The van der Waals surface area contributed by atoms with Crippen LogP contribution in [0.15, 0.2) is 48.9 Å². The van der Waals surface area contributed by atoms with Crippen molar-refractivity contribution in [3.05, 3.63) is 54.7 Å². The molecule has 1 N–H and O–H groups in total. The Kier molecular flexibility index (Phi) is 3.33. The van der Waals surface area contributed by atoms with E-state index in [9.17, 15) is 4.39 Å². The molecule has 1 aromatic carbocycles. The molecule has 0 amide bonds. The molecule has 0 radical (unpaired) electrons. The number of aromatic nitrogens is 3. The summed E-state index contributed by atoms with van der Waals surface area (Å²) in [6.45, 7) is 2.80. The number of halogens is 1. The molecule has 0 fully saturated rings. The molecule has 1 atom stereocenters. The highest BCUT2D eigenvalue weighted by Gasteiger charge is 2.09. The summed E-state index contributed by atoms with van der Waals surface area (Å²) in [5.74, 6) is -0.300. The van der Waals surface area contributed by atoms with Gasteiger partial charge in [-0.05, 0) is 25.1 Å². The van der Waals surface area contributed by atoms with Crippen LogP contribution in [0, 0.1) is 5.82 Å². The minimum absolute atomic E-state index is 0.170. The third-order valence-corrected chi connectivity index (χ3v) is 3.14. The minimum atomic E-state index is -0.300. The van der Waals surface area contributed by atoms with Crippen LogP contribution in [0.2, 0.25) is 0 Å². The summed E-state index contributed by atoms with van der Waals surface area (Å²) in [5, 5.41) is 8.35. The van der Waals surface area contributed by atoms with E-state index in [1.165, 1.54) is 6.07 Å². The summed E-state index contributed by atoms with van der Waals surface area (Å²) in [4.78, 5) is 4.09. The standard InChI is InChI=1S/C15H15FN4/c1-11(10-20-9-3-7-18-20)19-14-6-8-17-15-12(14)4-2-5-13(15)16/h2-9,11H,10H2,1H3,(H,17,19)/t11-/m1/s1. The topological polar surface area (TPSA) is 42.7 Å². The summed E-state index contributed by atoms with van der Waals surface area (Å²) in [6.07, 6.45) is 5.29. The minimum Gasteiger partial charge on any atom is -0.380 e. The summed E-state index contributed by atoms with van der Waals surface area (Å²) in [6, 6.07) is 8.91. The monoisotopic (exact) mass is 270 g/mol. The van der Waals surface area contributed by atoms with Crippen molar-refractivity contribution in [1.29, 1.82) is 0 Å². The van der Waals surface area contributed by atoms with Gasteiger partial charge in [0.05, 0.1) is 6.54 Å². The maximum absolute atomic E-state index is 13.7. The molecule has 2 aromatic heterocycles. The first kappa shape index (κ1) is 12.6. The Hall–Kier alpha value is -2.43. The highest BCUT2D eigenvalue weighted by Crippen LogP contribution is 2.23. The largest absolute Gasteiger partial charge is 0.380 e. The molecule has 3 aromatic rings. The molecule has 2 heterocycles. The first-order valence-corrected chi connectivity index (χ1v) is 6.51. The van der Waals surface area contributed by atoms with Crippen molar-refractivity contribution in [2.75, 3.05) is 5.32 Å². The molecule has 0 saturated heterocycles. The fraction of sp³-hybridized carbons (Fsp3) is 0.200. The molecule has 0 bridgehead atoms. The number of nitrogens with one attached hydrogen (secondary N) is 1. The zero-order valence-electron chi connectivity index (χ0n) is 11.1. The van der Waals surface area contributed by atoms with Crippen molar-refractivity contribution in [2.24, 2.45) is 0 Å². The average Bonchev–Trinajstić information content (AvgIpc) is 2.93. The van der Waals surface area contributed by atoms with Gasteiger partial charge in [0.25, 0.3) is 0 Å². The van der Waals surface area contributed by atoms with Crippen LogP contribution in [0.5, 0.6) is 0 Å². The lowest BCUT2D eigenvalue weighted by molar-refractivity contribution is 0.561. The molecule has 20 heavy (non-hydrogen) atoms. The van der Waals surface area contributed by atoms with Crippen molar-refractivity contribution >= 4 is 16.6 Å². The molecule has 5 heteroatoms. The summed E-state index contributed by atoms with van der Waals surface area (Å²) in [7, 11) is 0.